The van der Waals surface area contributed by atoms with Crippen molar-refractivity contribution in [1.82, 2.24) is 9.47 Å². The number of ether oxygens (including phenoxy) is 1. The van der Waals surface area contributed by atoms with Crippen molar-refractivity contribution >= 4 is 28.4 Å². The molecule has 0 fully saturated rings. The number of carbonyl (C=O) groups is 1. The zero-order valence-corrected chi connectivity index (χ0v) is 14.5. The average molecular weight is 343 g/mol. The number of nitrogens with zero attached hydrogens (tertiary/aromatic N) is 2. The molecule has 5 heteroatoms. The number of rotatable bonds is 5. The highest BCUT2D eigenvalue weighted by Gasteiger charge is 2.16. The molecule has 4 nitrogen and oxygen atoms in total. The molecule has 0 aliphatic rings. The Morgan fingerprint density at radius 3 is 2.67 bits per heavy atom. The molecule has 3 rings (SSSR count). The second-order valence-corrected chi connectivity index (χ2v) is 6.08. The van der Waals surface area contributed by atoms with E-state index in [1.807, 2.05) is 42.3 Å². The molecule has 1 aromatic heterocycles. The number of carbonyl (C=O) groups excluding carboxylic acids is 1. The molecule has 124 valence electrons. The van der Waals surface area contributed by atoms with E-state index in [1.54, 1.807) is 29.0 Å². The van der Waals surface area contributed by atoms with Gasteiger partial charge in [0.1, 0.15) is 12.5 Å². The number of benzene rings is 2. The van der Waals surface area contributed by atoms with Crippen LogP contribution in [0, 0.1) is 0 Å². The topological polar surface area (TPSA) is 34.5 Å². The fourth-order valence-corrected chi connectivity index (χ4v) is 2.62. The van der Waals surface area contributed by atoms with Crippen LogP contribution in [0.5, 0.6) is 5.75 Å². The van der Waals surface area contributed by atoms with Crippen molar-refractivity contribution < 1.29 is 9.53 Å². The molecule has 0 spiro atoms. The van der Waals surface area contributed by atoms with Crippen molar-refractivity contribution in [1.29, 1.82) is 0 Å². The highest BCUT2D eigenvalue weighted by Crippen LogP contribution is 2.31. The fourth-order valence-electron chi connectivity index (χ4n) is 2.45. The quantitative estimate of drug-likeness (QED) is 0.649. The van der Waals surface area contributed by atoms with Gasteiger partial charge in [-0.15, -0.1) is 0 Å². The summed E-state index contributed by atoms with van der Waals surface area (Å²) in [4.78, 5) is 14.9. The summed E-state index contributed by atoms with van der Waals surface area (Å²) in [7, 11) is 1.97. The van der Waals surface area contributed by atoms with Gasteiger partial charge in [0, 0.05) is 16.0 Å². The number of aromatic nitrogens is 1. The zero-order valence-electron chi connectivity index (χ0n) is 13.7. The molecule has 0 saturated carbocycles. The van der Waals surface area contributed by atoms with E-state index in [0.717, 1.165) is 17.4 Å². The van der Waals surface area contributed by atoms with Crippen LogP contribution in [0.15, 0.2) is 54.7 Å². The number of halogens is 1. The summed E-state index contributed by atoms with van der Waals surface area (Å²) >= 11 is 6.13. The number of hydrogen-bond acceptors (Lipinski definition) is 3. The van der Waals surface area contributed by atoms with Crippen LogP contribution < -0.4 is 4.74 Å². The van der Waals surface area contributed by atoms with E-state index in [4.69, 9.17) is 16.3 Å². The fraction of sp³-hybridized carbons (Fsp3) is 0.211. The Balaban J connectivity index is 2.03. The van der Waals surface area contributed by atoms with Gasteiger partial charge in [-0.25, -0.2) is 0 Å². The third kappa shape index (κ3) is 3.30. The highest BCUT2D eigenvalue weighted by molar-refractivity contribution is 6.31. The minimum Gasteiger partial charge on any atom is -0.476 e. The van der Waals surface area contributed by atoms with Crippen LogP contribution >= 0.6 is 11.6 Å². The van der Waals surface area contributed by atoms with Gasteiger partial charge < -0.3 is 4.74 Å². The smallest absolute Gasteiger partial charge is 0.262 e. The molecule has 0 N–H and O–H groups in total. The SMILES string of the molecule is CCN(C)COc1cn(C(=O)c2ccccc2)c2ccc(Cl)cc12. The largest absolute Gasteiger partial charge is 0.476 e. The molecule has 3 aromatic rings. The predicted octanol–water partition coefficient (Wildman–Crippen LogP) is 4.27. The summed E-state index contributed by atoms with van der Waals surface area (Å²) in [6.45, 7) is 3.38. The second kappa shape index (κ2) is 7.07. The Kier molecular flexibility index (Phi) is 4.88. The molecule has 0 unspecified atom stereocenters. The van der Waals surface area contributed by atoms with Gasteiger partial charge in [-0.3, -0.25) is 14.3 Å². The van der Waals surface area contributed by atoms with E-state index in [-0.39, 0.29) is 5.91 Å². The summed E-state index contributed by atoms with van der Waals surface area (Å²) < 4.78 is 7.50. The van der Waals surface area contributed by atoms with Crippen LogP contribution in [0.3, 0.4) is 0 Å². The molecule has 1 heterocycles. The zero-order chi connectivity index (χ0) is 17.1. The van der Waals surface area contributed by atoms with Crippen molar-refractivity contribution in [2.24, 2.45) is 0 Å². The van der Waals surface area contributed by atoms with Crippen LogP contribution in [0.1, 0.15) is 17.3 Å². The van der Waals surface area contributed by atoms with Crippen molar-refractivity contribution in [3.8, 4) is 5.75 Å². The first-order valence-electron chi connectivity index (χ1n) is 7.82. The van der Waals surface area contributed by atoms with E-state index >= 15 is 0 Å². The van der Waals surface area contributed by atoms with Gasteiger partial charge in [0.15, 0.2) is 0 Å². The third-order valence-corrected chi connectivity index (χ3v) is 4.18. The molecule has 0 radical (unpaired) electrons. The van der Waals surface area contributed by atoms with E-state index in [2.05, 4.69) is 6.92 Å². The molecule has 0 atom stereocenters. The van der Waals surface area contributed by atoms with Crippen molar-refractivity contribution in [2.45, 2.75) is 6.92 Å². The van der Waals surface area contributed by atoms with Crippen LogP contribution in [-0.2, 0) is 0 Å². The van der Waals surface area contributed by atoms with Gasteiger partial charge in [0.2, 0.25) is 0 Å². The Labute approximate surface area is 146 Å². The average Bonchev–Trinajstić information content (AvgIpc) is 2.97. The summed E-state index contributed by atoms with van der Waals surface area (Å²) in [5.74, 6) is 0.554. The summed E-state index contributed by atoms with van der Waals surface area (Å²) in [6.07, 6.45) is 1.74. The summed E-state index contributed by atoms with van der Waals surface area (Å²) in [5, 5.41) is 1.44. The van der Waals surface area contributed by atoms with Crippen LogP contribution in [0.2, 0.25) is 5.02 Å². The van der Waals surface area contributed by atoms with E-state index < -0.39 is 0 Å². The maximum Gasteiger partial charge on any atom is 0.262 e. The maximum absolute atomic E-state index is 12.8. The molecule has 0 aliphatic carbocycles. The lowest BCUT2D eigenvalue weighted by Gasteiger charge is -2.14. The molecule has 24 heavy (non-hydrogen) atoms. The van der Waals surface area contributed by atoms with E-state index in [9.17, 15) is 4.79 Å². The number of fused-ring (bicyclic) bond motifs is 1. The van der Waals surface area contributed by atoms with Crippen molar-refractivity contribution in [3.05, 3.63) is 65.3 Å². The van der Waals surface area contributed by atoms with Crippen LogP contribution in [-0.4, -0.2) is 35.7 Å². The van der Waals surface area contributed by atoms with E-state index in [1.165, 1.54) is 0 Å². The first-order chi connectivity index (χ1) is 11.6. The van der Waals surface area contributed by atoms with Gasteiger partial charge in [-0.2, -0.15) is 0 Å². The van der Waals surface area contributed by atoms with Gasteiger partial charge in [0.25, 0.3) is 5.91 Å². The van der Waals surface area contributed by atoms with Gasteiger partial charge in [-0.05, 0) is 43.9 Å². The molecule has 0 amide bonds. The Morgan fingerprint density at radius 2 is 1.96 bits per heavy atom. The van der Waals surface area contributed by atoms with Crippen LogP contribution in [0.25, 0.3) is 10.9 Å². The maximum atomic E-state index is 12.8. The lowest BCUT2D eigenvalue weighted by atomic mass is 10.2. The molecule has 0 aliphatic heterocycles. The first kappa shape index (κ1) is 16.6. The van der Waals surface area contributed by atoms with Gasteiger partial charge >= 0.3 is 0 Å². The molecular weight excluding hydrogens is 324 g/mol. The summed E-state index contributed by atoms with van der Waals surface area (Å²) in [6, 6.07) is 14.6. The van der Waals surface area contributed by atoms with Crippen LogP contribution in [0.4, 0.5) is 0 Å². The standard InChI is InChI=1S/C19H19ClN2O2/c1-3-21(2)13-24-18-12-22(17-10-9-15(20)11-16(17)18)19(23)14-7-5-4-6-8-14/h4-12H,3,13H2,1-2H3. The lowest BCUT2D eigenvalue weighted by Crippen LogP contribution is -2.23. The van der Waals surface area contributed by atoms with Gasteiger partial charge in [0.05, 0.1) is 11.7 Å². The highest BCUT2D eigenvalue weighted by atomic mass is 35.5. The van der Waals surface area contributed by atoms with Gasteiger partial charge in [-0.1, -0.05) is 36.7 Å². The predicted molar refractivity (Wildman–Crippen MR) is 96.9 cm³/mol. The molecule has 0 saturated heterocycles. The Morgan fingerprint density at radius 1 is 1.21 bits per heavy atom. The third-order valence-electron chi connectivity index (χ3n) is 3.95. The normalized spacial score (nSPS) is 11.2. The Bertz CT molecular complexity index is 858. The number of hydrogen-bond donors (Lipinski definition) is 0. The lowest BCUT2D eigenvalue weighted by molar-refractivity contribution is 0.0963. The molecular formula is C19H19ClN2O2. The monoisotopic (exact) mass is 342 g/mol. The Hall–Kier alpha value is -2.30. The van der Waals surface area contributed by atoms with Crippen molar-refractivity contribution in [3.63, 3.8) is 0 Å². The second-order valence-electron chi connectivity index (χ2n) is 5.64. The summed E-state index contributed by atoms with van der Waals surface area (Å²) in [5.41, 5.74) is 1.41. The minimum atomic E-state index is -0.0957. The van der Waals surface area contributed by atoms with Crippen molar-refractivity contribution in [2.75, 3.05) is 20.3 Å². The molecule has 0 bridgehead atoms. The van der Waals surface area contributed by atoms with E-state index in [0.29, 0.717) is 23.1 Å². The molecule has 2 aromatic carbocycles. The first-order valence-corrected chi connectivity index (χ1v) is 8.19. The minimum absolute atomic E-state index is 0.0957.